The molecule has 0 aliphatic rings. The van der Waals surface area contributed by atoms with Crippen LogP contribution in [0, 0.1) is 11.8 Å². The van der Waals surface area contributed by atoms with Gasteiger partial charge in [0.15, 0.2) is 5.78 Å². The smallest absolute Gasteiger partial charge is 0.195 e. The number of thiophene rings is 1. The van der Waals surface area contributed by atoms with E-state index in [0.29, 0.717) is 16.4 Å². The van der Waals surface area contributed by atoms with E-state index in [4.69, 9.17) is 11.6 Å². The molecule has 2 rings (SSSR count). The second kappa shape index (κ2) is 7.95. The molecule has 1 aromatic heterocycles. The third-order valence-electron chi connectivity index (χ3n) is 2.75. The van der Waals surface area contributed by atoms with E-state index >= 15 is 0 Å². The molecule has 0 spiro atoms. The molecule has 2 nitrogen and oxygen atoms in total. The maximum atomic E-state index is 12.1. The van der Waals surface area contributed by atoms with Gasteiger partial charge in [0, 0.05) is 5.02 Å². The van der Waals surface area contributed by atoms with E-state index in [9.17, 15) is 4.79 Å². The Morgan fingerprint density at radius 1 is 1.23 bits per heavy atom. The second-order valence-corrected chi connectivity index (χ2v) is 6.47. The van der Waals surface area contributed by atoms with Crippen molar-refractivity contribution in [2.24, 2.45) is 0 Å². The Morgan fingerprint density at radius 3 is 2.64 bits per heavy atom. The summed E-state index contributed by atoms with van der Waals surface area (Å²) in [6.07, 6.45) is 3.36. The largest absolute Gasteiger partial charge is 0.299 e. The van der Waals surface area contributed by atoms with Gasteiger partial charge in [0.1, 0.15) is 0 Å². The summed E-state index contributed by atoms with van der Waals surface area (Å²) in [6, 6.07) is 11.1. The van der Waals surface area contributed by atoms with Gasteiger partial charge >= 0.3 is 0 Å². The number of benzene rings is 1. The molecule has 0 saturated heterocycles. The first-order chi connectivity index (χ1) is 10.5. The van der Waals surface area contributed by atoms with Crippen LogP contribution in [0.15, 0.2) is 42.5 Å². The molecule has 4 heteroatoms. The molecule has 0 unspecified atom stereocenters. The lowest BCUT2D eigenvalue weighted by Gasteiger charge is -2.00. The summed E-state index contributed by atoms with van der Waals surface area (Å²) in [5, 5.41) is 0.683. The minimum absolute atomic E-state index is 0.0133. The molecule has 1 aromatic carbocycles. The summed E-state index contributed by atoms with van der Waals surface area (Å²) in [6.45, 7) is 0.706. The zero-order chi connectivity index (χ0) is 15.9. The lowest BCUT2D eigenvalue weighted by atomic mass is 10.2. The number of ketones is 1. The van der Waals surface area contributed by atoms with Crippen LogP contribution in [0.3, 0.4) is 0 Å². The van der Waals surface area contributed by atoms with Crippen molar-refractivity contribution < 1.29 is 4.79 Å². The topological polar surface area (TPSA) is 20.3 Å². The third-order valence-corrected chi connectivity index (χ3v) is 4.02. The fraction of sp³-hybridized carbons (Fsp3) is 0.167. The Morgan fingerprint density at radius 2 is 1.95 bits per heavy atom. The maximum Gasteiger partial charge on any atom is 0.195 e. The fourth-order valence-corrected chi connectivity index (χ4v) is 2.58. The van der Waals surface area contributed by atoms with Crippen molar-refractivity contribution in [3.8, 4) is 11.8 Å². The monoisotopic (exact) mass is 329 g/mol. The number of hydrogen-bond donors (Lipinski definition) is 0. The molecule has 0 atom stereocenters. The van der Waals surface area contributed by atoms with Crippen molar-refractivity contribution in [2.45, 2.75) is 0 Å². The van der Waals surface area contributed by atoms with Crippen molar-refractivity contribution in [3.63, 3.8) is 0 Å². The van der Waals surface area contributed by atoms with E-state index in [2.05, 4.69) is 11.8 Å². The Labute approximate surface area is 140 Å². The van der Waals surface area contributed by atoms with Crippen LogP contribution in [0.2, 0.25) is 5.02 Å². The summed E-state index contributed by atoms with van der Waals surface area (Å²) in [5.41, 5.74) is 0.945. The van der Waals surface area contributed by atoms with Gasteiger partial charge in [-0.2, -0.15) is 0 Å². The van der Waals surface area contributed by atoms with Gasteiger partial charge in [-0.25, -0.2) is 0 Å². The molecule has 2 aromatic rings. The van der Waals surface area contributed by atoms with Crippen LogP contribution in [0.1, 0.15) is 20.1 Å². The third kappa shape index (κ3) is 5.16. The number of nitrogens with zero attached hydrogens (tertiary/aromatic N) is 1. The van der Waals surface area contributed by atoms with E-state index in [1.165, 1.54) is 11.3 Å². The summed E-state index contributed by atoms with van der Waals surface area (Å²) < 4.78 is 0. The minimum Gasteiger partial charge on any atom is -0.299 e. The van der Waals surface area contributed by atoms with Crippen LogP contribution in [-0.2, 0) is 0 Å². The maximum absolute atomic E-state index is 12.1. The highest BCUT2D eigenvalue weighted by molar-refractivity contribution is 7.14. The van der Waals surface area contributed by atoms with Gasteiger partial charge in [0.05, 0.1) is 16.3 Å². The highest BCUT2D eigenvalue weighted by Crippen LogP contribution is 2.17. The van der Waals surface area contributed by atoms with E-state index in [-0.39, 0.29) is 5.78 Å². The van der Waals surface area contributed by atoms with Crippen molar-refractivity contribution in [3.05, 3.63) is 62.8 Å². The van der Waals surface area contributed by atoms with E-state index in [1.54, 1.807) is 24.3 Å². The first-order valence-electron chi connectivity index (χ1n) is 6.76. The molecule has 0 amide bonds. The predicted octanol–water partition coefficient (Wildman–Crippen LogP) is 4.21. The fourth-order valence-electron chi connectivity index (χ4n) is 1.65. The van der Waals surface area contributed by atoms with Crippen LogP contribution < -0.4 is 0 Å². The van der Waals surface area contributed by atoms with Gasteiger partial charge in [0.25, 0.3) is 0 Å². The molecule has 112 valence electrons. The number of allylic oxidation sites excluding steroid dienone is 1. The first-order valence-corrected chi connectivity index (χ1v) is 7.95. The zero-order valence-electron chi connectivity index (χ0n) is 12.5. The molecule has 0 saturated carbocycles. The lowest BCUT2D eigenvalue weighted by Crippen LogP contribution is -2.10. The summed E-state index contributed by atoms with van der Waals surface area (Å²) in [4.78, 5) is 15.7. The molecular weight excluding hydrogens is 314 g/mol. The normalized spacial score (nSPS) is 10.7. The van der Waals surface area contributed by atoms with Crippen molar-refractivity contribution >= 4 is 34.8 Å². The quantitative estimate of drug-likeness (QED) is 0.476. The van der Waals surface area contributed by atoms with Crippen LogP contribution in [0.25, 0.3) is 6.08 Å². The predicted molar refractivity (Wildman–Crippen MR) is 94.6 cm³/mol. The van der Waals surface area contributed by atoms with Gasteiger partial charge in [-0.1, -0.05) is 41.7 Å². The van der Waals surface area contributed by atoms with Crippen molar-refractivity contribution in [1.82, 2.24) is 4.90 Å². The number of halogens is 1. The average Bonchev–Trinajstić information content (AvgIpc) is 2.95. The lowest BCUT2D eigenvalue weighted by molar-refractivity contribution is 0.105. The van der Waals surface area contributed by atoms with Crippen LogP contribution in [-0.4, -0.2) is 31.3 Å². The van der Waals surface area contributed by atoms with Crippen LogP contribution >= 0.6 is 22.9 Å². The SMILES string of the molecule is CN(C)CC#Cc1ccc(C(=O)C=Cc2ccc(Cl)cc2)s1. The number of carbonyl (C=O) groups excluding carboxylic acids is 1. The first kappa shape index (κ1) is 16.5. The Hall–Kier alpha value is -1.86. The Bertz CT molecular complexity index is 732. The van der Waals surface area contributed by atoms with Gasteiger partial charge in [-0.05, 0) is 50.0 Å². The highest BCUT2D eigenvalue weighted by atomic mass is 35.5. The van der Waals surface area contributed by atoms with Crippen molar-refractivity contribution in [1.29, 1.82) is 0 Å². The van der Waals surface area contributed by atoms with E-state index in [0.717, 1.165) is 10.4 Å². The summed E-state index contributed by atoms with van der Waals surface area (Å²) >= 11 is 7.25. The minimum atomic E-state index is -0.0133. The molecular formula is C18H16ClNOS. The molecule has 0 aliphatic carbocycles. The van der Waals surface area contributed by atoms with Gasteiger partial charge in [0.2, 0.25) is 0 Å². The molecule has 0 N–H and O–H groups in total. The van der Waals surface area contributed by atoms with Gasteiger partial charge < -0.3 is 0 Å². The molecule has 0 aliphatic heterocycles. The molecule has 0 bridgehead atoms. The second-order valence-electron chi connectivity index (χ2n) is 4.95. The van der Waals surface area contributed by atoms with Gasteiger partial charge in [-0.15, -0.1) is 11.3 Å². The van der Waals surface area contributed by atoms with Crippen LogP contribution in [0.5, 0.6) is 0 Å². The van der Waals surface area contributed by atoms with Crippen LogP contribution in [0.4, 0.5) is 0 Å². The molecule has 0 radical (unpaired) electrons. The Balaban J connectivity index is 2.02. The summed E-state index contributed by atoms with van der Waals surface area (Å²) in [5.74, 6) is 6.11. The molecule has 0 fully saturated rings. The van der Waals surface area contributed by atoms with Gasteiger partial charge in [-0.3, -0.25) is 9.69 Å². The number of carbonyl (C=O) groups is 1. The Kier molecular flexibility index (Phi) is 5.97. The standard InChI is InChI=1S/C18H16ClNOS/c1-20(2)13-3-4-16-10-12-18(22-16)17(21)11-7-14-5-8-15(19)9-6-14/h5-12H,13H2,1-2H3. The van der Waals surface area contributed by atoms with E-state index in [1.807, 2.05) is 43.3 Å². The number of hydrogen-bond acceptors (Lipinski definition) is 3. The molecule has 22 heavy (non-hydrogen) atoms. The number of rotatable bonds is 4. The highest BCUT2D eigenvalue weighted by Gasteiger charge is 2.05. The van der Waals surface area contributed by atoms with Crippen molar-refractivity contribution in [2.75, 3.05) is 20.6 Å². The average molecular weight is 330 g/mol. The molecule has 1 heterocycles. The zero-order valence-corrected chi connectivity index (χ0v) is 14.0. The summed E-state index contributed by atoms with van der Waals surface area (Å²) in [7, 11) is 3.94. The van der Waals surface area contributed by atoms with E-state index < -0.39 is 0 Å².